The Kier molecular flexibility index (Phi) is 5.50. The van der Waals surface area contributed by atoms with Gasteiger partial charge < -0.3 is 9.30 Å². The van der Waals surface area contributed by atoms with E-state index in [1.807, 2.05) is 6.07 Å². The highest BCUT2D eigenvalue weighted by Crippen LogP contribution is 2.24. The third-order valence-electron chi connectivity index (χ3n) is 5.54. The second kappa shape index (κ2) is 7.87. The molecule has 2 fully saturated rings. The molecule has 0 radical (unpaired) electrons. The number of piperidine rings is 1. The molecule has 0 atom stereocenters. The van der Waals surface area contributed by atoms with Crippen LogP contribution in [0.15, 0.2) is 23.1 Å². The Hall–Kier alpha value is -1.48. The SMILES string of the molecule is CCn1c(CN2CCCCC2)nc2cc(S(=O)(=O)N3CCOCC3)ccc21. The molecule has 3 heterocycles. The Morgan fingerprint density at radius 2 is 1.81 bits per heavy atom. The molecule has 27 heavy (non-hydrogen) atoms. The van der Waals surface area contributed by atoms with Crippen LogP contribution in [-0.2, 0) is 27.8 Å². The molecule has 0 amide bonds. The molecular formula is C19H28N4O3S. The number of hydrogen-bond donors (Lipinski definition) is 0. The van der Waals surface area contributed by atoms with E-state index in [1.54, 1.807) is 12.1 Å². The van der Waals surface area contributed by atoms with E-state index in [0.29, 0.717) is 31.2 Å². The summed E-state index contributed by atoms with van der Waals surface area (Å²) in [4.78, 5) is 7.58. The lowest BCUT2D eigenvalue weighted by molar-refractivity contribution is 0.0730. The van der Waals surface area contributed by atoms with Crippen molar-refractivity contribution in [3.63, 3.8) is 0 Å². The Labute approximate surface area is 161 Å². The van der Waals surface area contributed by atoms with Crippen LogP contribution in [0.5, 0.6) is 0 Å². The quantitative estimate of drug-likeness (QED) is 0.779. The highest BCUT2D eigenvalue weighted by molar-refractivity contribution is 7.89. The zero-order chi connectivity index (χ0) is 18.9. The molecule has 0 unspecified atom stereocenters. The molecule has 2 aromatic rings. The number of nitrogens with zero attached hydrogens (tertiary/aromatic N) is 4. The van der Waals surface area contributed by atoms with Crippen LogP contribution in [0.4, 0.5) is 0 Å². The second-order valence-corrected chi connectivity index (χ2v) is 9.21. The Morgan fingerprint density at radius 3 is 2.52 bits per heavy atom. The number of benzene rings is 1. The summed E-state index contributed by atoms with van der Waals surface area (Å²) in [5, 5.41) is 0. The van der Waals surface area contributed by atoms with Crippen molar-refractivity contribution in [1.82, 2.24) is 18.8 Å². The number of rotatable bonds is 5. The first-order chi connectivity index (χ1) is 13.1. The van der Waals surface area contributed by atoms with Gasteiger partial charge in [-0.2, -0.15) is 4.31 Å². The minimum absolute atomic E-state index is 0.321. The predicted molar refractivity (Wildman–Crippen MR) is 104 cm³/mol. The topological polar surface area (TPSA) is 67.7 Å². The molecule has 0 aliphatic carbocycles. The van der Waals surface area contributed by atoms with Crippen molar-refractivity contribution in [2.24, 2.45) is 0 Å². The average Bonchev–Trinajstić information content (AvgIpc) is 3.05. The summed E-state index contributed by atoms with van der Waals surface area (Å²) in [7, 11) is -3.50. The van der Waals surface area contributed by atoms with Gasteiger partial charge in [0.2, 0.25) is 10.0 Å². The minimum atomic E-state index is -3.50. The fourth-order valence-electron chi connectivity index (χ4n) is 4.05. The van der Waals surface area contributed by atoms with Gasteiger partial charge in [-0.15, -0.1) is 0 Å². The van der Waals surface area contributed by atoms with E-state index in [0.717, 1.165) is 43.0 Å². The van der Waals surface area contributed by atoms with Crippen LogP contribution in [0.3, 0.4) is 0 Å². The Bertz CT molecular complexity index is 897. The largest absolute Gasteiger partial charge is 0.379 e. The van der Waals surface area contributed by atoms with Crippen molar-refractivity contribution in [3.8, 4) is 0 Å². The fraction of sp³-hybridized carbons (Fsp3) is 0.632. The number of sulfonamides is 1. The van der Waals surface area contributed by atoms with Crippen LogP contribution < -0.4 is 0 Å². The van der Waals surface area contributed by atoms with Gasteiger partial charge in [-0.3, -0.25) is 4.90 Å². The number of likely N-dealkylation sites (tertiary alicyclic amines) is 1. The van der Waals surface area contributed by atoms with Crippen LogP contribution in [0.2, 0.25) is 0 Å². The molecule has 0 N–H and O–H groups in total. The second-order valence-electron chi connectivity index (χ2n) is 7.28. The van der Waals surface area contributed by atoms with Gasteiger partial charge in [0.05, 0.1) is 35.7 Å². The standard InChI is InChI=1S/C19H28N4O3S/c1-2-23-18-7-6-16(27(24,25)22-10-12-26-13-11-22)14-17(18)20-19(23)15-21-8-4-3-5-9-21/h6-7,14H,2-5,8-13,15H2,1H3. The Morgan fingerprint density at radius 1 is 1.07 bits per heavy atom. The lowest BCUT2D eigenvalue weighted by Gasteiger charge is -2.26. The van der Waals surface area contributed by atoms with Crippen molar-refractivity contribution in [1.29, 1.82) is 0 Å². The fourth-order valence-corrected chi connectivity index (χ4v) is 5.48. The molecule has 4 rings (SSSR count). The number of imidazole rings is 1. The molecule has 2 aliphatic rings. The number of aromatic nitrogens is 2. The van der Waals surface area contributed by atoms with E-state index in [9.17, 15) is 8.42 Å². The summed E-state index contributed by atoms with van der Waals surface area (Å²) in [6, 6.07) is 5.34. The number of fused-ring (bicyclic) bond motifs is 1. The van der Waals surface area contributed by atoms with Crippen molar-refractivity contribution in [2.45, 2.75) is 44.2 Å². The van der Waals surface area contributed by atoms with Crippen LogP contribution >= 0.6 is 0 Å². The van der Waals surface area contributed by atoms with E-state index in [4.69, 9.17) is 9.72 Å². The number of hydrogen-bond acceptors (Lipinski definition) is 5. The van der Waals surface area contributed by atoms with Crippen LogP contribution in [0.1, 0.15) is 32.0 Å². The summed E-state index contributed by atoms with van der Waals surface area (Å²) in [6.45, 7) is 7.71. The smallest absolute Gasteiger partial charge is 0.243 e. The molecule has 0 saturated carbocycles. The first-order valence-electron chi connectivity index (χ1n) is 9.89. The van der Waals surface area contributed by atoms with Gasteiger partial charge in [0.1, 0.15) is 5.82 Å². The molecule has 1 aromatic carbocycles. The van der Waals surface area contributed by atoms with Gasteiger partial charge in [0.15, 0.2) is 0 Å². The van der Waals surface area contributed by atoms with Gasteiger partial charge in [-0.25, -0.2) is 13.4 Å². The minimum Gasteiger partial charge on any atom is -0.379 e. The molecule has 1 aromatic heterocycles. The molecular weight excluding hydrogens is 364 g/mol. The lowest BCUT2D eigenvalue weighted by Crippen LogP contribution is -2.40. The maximum Gasteiger partial charge on any atom is 0.243 e. The average molecular weight is 393 g/mol. The van der Waals surface area contributed by atoms with E-state index in [2.05, 4.69) is 16.4 Å². The van der Waals surface area contributed by atoms with Crippen molar-refractivity contribution in [3.05, 3.63) is 24.0 Å². The highest BCUT2D eigenvalue weighted by atomic mass is 32.2. The van der Waals surface area contributed by atoms with E-state index in [-0.39, 0.29) is 0 Å². The van der Waals surface area contributed by atoms with E-state index >= 15 is 0 Å². The number of ether oxygens (including phenoxy) is 1. The van der Waals surface area contributed by atoms with Crippen LogP contribution in [0.25, 0.3) is 11.0 Å². The van der Waals surface area contributed by atoms with E-state index < -0.39 is 10.0 Å². The van der Waals surface area contributed by atoms with Gasteiger partial charge >= 0.3 is 0 Å². The molecule has 0 spiro atoms. The summed E-state index contributed by atoms with van der Waals surface area (Å²) >= 11 is 0. The van der Waals surface area contributed by atoms with Crippen molar-refractivity contribution >= 4 is 21.1 Å². The summed E-state index contributed by atoms with van der Waals surface area (Å²) in [6.07, 6.45) is 3.80. The zero-order valence-corrected chi connectivity index (χ0v) is 16.7. The lowest BCUT2D eigenvalue weighted by atomic mass is 10.1. The maximum atomic E-state index is 12.9. The predicted octanol–water partition coefficient (Wildman–Crippen LogP) is 2.06. The number of aryl methyl sites for hydroxylation is 1. The first kappa shape index (κ1) is 18.9. The van der Waals surface area contributed by atoms with E-state index in [1.165, 1.54) is 23.6 Å². The maximum absolute atomic E-state index is 12.9. The summed E-state index contributed by atoms with van der Waals surface area (Å²) in [5.74, 6) is 1.02. The monoisotopic (exact) mass is 392 g/mol. The molecule has 0 bridgehead atoms. The Balaban J connectivity index is 1.65. The molecule has 8 heteroatoms. The first-order valence-corrected chi connectivity index (χ1v) is 11.3. The summed E-state index contributed by atoms with van der Waals surface area (Å²) < 4.78 is 34.9. The third kappa shape index (κ3) is 3.76. The number of morpholine rings is 1. The van der Waals surface area contributed by atoms with Crippen molar-refractivity contribution < 1.29 is 13.2 Å². The molecule has 2 aliphatic heterocycles. The summed E-state index contributed by atoms with van der Waals surface area (Å²) in [5.41, 5.74) is 1.77. The van der Waals surface area contributed by atoms with Crippen LogP contribution in [-0.4, -0.2) is 66.6 Å². The van der Waals surface area contributed by atoms with Gasteiger partial charge in [0.25, 0.3) is 0 Å². The molecule has 148 valence electrons. The van der Waals surface area contributed by atoms with Gasteiger partial charge in [0, 0.05) is 19.6 Å². The van der Waals surface area contributed by atoms with Gasteiger partial charge in [-0.05, 0) is 51.1 Å². The van der Waals surface area contributed by atoms with Gasteiger partial charge in [-0.1, -0.05) is 6.42 Å². The normalized spacial score (nSPS) is 20.3. The molecule has 7 nitrogen and oxygen atoms in total. The molecule has 2 saturated heterocycles. The van der Waals surface area contributed by atoms with Crippen LogP contribution in [0, 0.1) is 0 Å². The zero-order valence-electron chi connectivity index (χ0n) is 15.9. The van der Waals surface area contributed by atoms with Crippen molar-refractivity contribution in [2.75, 3.05) is 39.4 Å². The highest BCUT2D eigenvalue weighted by Gasteiger charge is 2.27. The third-order valence-corrected chi connectivity index (χ3v) is 7.43.